The van der Waals surface area contributed by atoms with Crippen molar-refractivity contribution in [3.63, 3.8) is 0 Å². The van der Waals surface area contributed by atoms with Gasteiger partial charge in [0.25, 0.3) is 0 Å². The molecule has 1 fully saturated rings. The van der Waals surface area contributed by atoms with Crippen LogP contribution in [-0.2, 0) is 4.79 Å². The largest absolute Gasteiger partial charge is 0.493 e. The van der Waals surface area contributed by atoms with Gasteiger partial charge in [0.2, 0.25) is 5.91 Å². The van der Waals surface area contributed by atoms with Gasteiger partial charge >= 0.3 is 0 Å². The maximum Gasteiger partial charge on any atom is 0.220 e. The molecule has 1 aliphatic rings. The maximum absolute atomic E-state index is 12.2. The lowest BCUT2D eigenvalue weighted by molar-refractivity contribution is -0.122. The molecule has 6 heteroatoms. The zero-order chi connectivity index (χ0) is 21.4. The Bertz CT molecular complexity index is 702. The van der Waals surface area contributed by atoms with Gasteiger partial charge in [0, 0.05) is 30.6 Å². The molecule has 1 N–H and O–H groups in total. The lowest BCUT2D eigenvalue weighted by Crippen LogP contribution is -2.54. The summed E-state index contributed by atoms with van der Waals surface area (Å²) in [6, 6.07) is 5.13. The van der Waals surface area contributed by atoms with Crippen molar-refractivity contribution in [1.29, 1.82) is 0 Å². The topological polar surface area (TPSA) is 67.9 Å². The molecule has 1 aromatic rings. The van der Waals surface area contributed by atoms with E-state index in [1.807, 2.05) is 0 Å². The minimum atomic E-state index is -0.0351. The fraction of sp³-hybridized carbons (Fsp3) is 0.652. The number of benzene rings is 1. The predicted molar refractivity (Wildman–Crippen MR) is 115 cm³/mol. The Morgan fingerprint density at radius 2 is 2.03 bits per heavy atom. The fourth-order valence-corrected chi connectivity index (χ4v) is 3.67. The molecule has 0 saturated carbocycles. The monoisotopic (exact) mass is 404 g/mol. The number of ether oxygens (including phenoxy) is 2. The highest BCUT2D eigenvalue weighted by Gasteiger charge is 2.30. The quantitative estimate of drug-likeness (QED) is 0.476. The molecule has 2 rings (SSSR count). The molecule has 1 unspecified atom stereocenters. The van der Waals surface area contributed by atoms with Gasteiger partial charge in [-0.25, -0.2) is 0 Å². The van der Waals surface area contributed by atoms with Crippen molar-refractivity contribution in [3.8, 4) is 11.5 Å². The summed E-state index contributed by atoms with van der Waals surface area (Å²) in [7, 11) is 1.55. The van der Waals surface area contributed by atoms with Crippen molar-refractivity contribution >= 4 is 11.7 Å². The molecule has 1 aliphatic heterocycles. The van der Waals surface area contributed by atoms with Gasteiger partial charge in [-0.15, -0.1) is 0 Å². The number of hydrogen-bond acceptors (Lipinski definition) is 5. The number of nitrogens with one attached hydrogen (secondary N) is 1. The number of rotatable bonds is 10. The lowest BCUT2D eigenvalue weighted by atomic mass is 9.93. The first-order valence-corrected chi connectivity index (χ1v) is 10.6. The Labute approximate surface area is 174 Å². The minimum Gasteiger partial charge on any atom is -0.493 e. The molecule has 1 heterocycles. The van der Waals surface area contributed by atoms with Crippen LogP contribution in [0.4, 0.5) is 0 Å². The van der Waals surface area contributed by atoms with E-state index < -0.39 is 0 Å². The van der Waals surface area contributed by atoms with Crippen LogP contribution in [0.3, 0.4) is 0 Å². The van der Waals surface area contributed by atoms with Crippen molar-refractivity contribution in [3.05, 3.63) is 23.8 Å². The van der Waals surface area contributed by atoms with Crippen molar-refractivity contribution in [2.45, 2.75) is 58.9 Å². The van der Waals surface area contributed by atoms with Crippen molar-refractivity contribution in [2.75, 3.05) is 33.4 Å². The van der Waals surface area contributed by atoms with E-state index in [1.54, 1.807) is 25.3 Å². The average molecular weight is 405 g/mol. The summed E-state index contributed by atoms with van der Waals surface area (Å²) < 4.78 is 11.0. The minimum absolute atomic E-state index is 0.0199. The van der Waals surface area contributed by atoms with E-state index in [0.717, 1.165) is 19.0 Å². The number of ketones is 1. The first-order chi connectivity index (χ1) is 13.7. The SMILES string of the molecule is COc1cc(C(C)=O)ccc1OCCCC(=O)NCC(C)(C)N1CCCC(C)C1. The van der Waals surface area contributed by atoms with E-state index >= 15 is 0 Å². The second-order valence-corrected chi connectivity index (χ2v) is 8.66. The molecule has 0 radical (unpaired) electrons. The summed E-state index contributed by atoms with van der Waals surface area (Å²) in [5.41, 5.74) is 0.548. The van der Waals surface area contributed by atoms with Gasteiger partial charge in [-0.05, 0) is 70.7 Å². The van der Waals surface area contributed by atoms with Crippen molar-refractivity contribution in [2.24, 2.45) is 5.92 Å². The third-order valence-corrected chi connectivity index (χ3v) is 5.61. The first kappa shape index (κ1) is 23.2. The molecule has 6 nitrogen and oxygen atoms in total. The van der Waals surface area contributed by atoms with Gasteiger partial charge in [0.15, 0.2) is 17.3 Å². The van der Waals surface area contributed by atoms with Crippen LogP contribution in [0.2, 0.25) is 0 Å². The van der Waals surface area contributed by atoms with Crippen LogP contribution < -0.4 is 14.8 Å². The number of nitrogens with zero attached hydrogens (tertiary/aromatic N) is 1. The summed E-state index contributed by atoms with van der Waals surface area (Å²) in [6.45, 7) is 11.5. The molecule has 1 amide bonds. The summed E-state index contributed by atoms with van der Waals surface area (Å²) in [5.74, 6) is 1.86. The molecule has 162 valence electrons. The van der Waals surface area contributed by atoms with E-state index in [4.69, 9.17) is 9.47 Å². The number of likely N-dealkylation sites (tertiary alicyclic amines) is 1. The van der Waals surface area contributed by atoms with Crippen molar-refractivity contribution < 1.29 is 19.1 Å². The Balaban J connectivity index is 1.72. The standard InChI is InChI=1S/C23H36N2O4/c1-17-8-6-12-25(15-17)23(3,4)16-24-22(27)9-7-13-29-20-11-10-19(18(2)26)14-21(20)28-5/h10-11,14,17H,6-9,12-13,15-16H2,1-5H3,(H,24,27). The van der Waals surface area contributed by atoms with E-state index in [2.05, 4.69) is 31.0 Å². The smallest absolute Gasteiger partial charge is 0.220 e. The van der Waals surface area contributed by atoms with Crippen LogP contribution in [0.1, 0.15) is 63.7 Å². The lowest BCUT2D eigenvalue weighted by Gasteiger charge is -2.43. The molecular formula is C23H36N2O4. The third kappa shape index (κ3) is 7.03. The Hall–Kier alpha value is -2.08. The van der Waals surface area contributed by atoms with Crippen molar-refractivity contribution in [1.82, 2.24) is 10.2 Å². The fourth-order valence-electron chi connectivity index (χ4n) is 3.67. The Morgan fingerprint density at radius 3 is 2.69 bits per heavy atom. The molecule has 1 aromatic carbocycles. The normalized spacial score (nSPS) is 17.6. The molecule has 0 aromatic heterocycles. The van der Waals surface area contributed by atoms with E-state index in [0.29, 0.717) is 43.1 Å². The van der Waals surface area contributed by atoms with Crippen LogP contribution in [-0.4, -0.2) is 55.5 Å². The molecule has 29 heavy (non-hydrogen) atoms. The Kier molecular flexibility index (Phi) is 8.50. The molecule has 1 atom stereocenters. The van der Waals surface area contributed by atoms with Gasteiger partial charge < -0.3 is 14.8 Å². The molecular weight excluding hydrogens is 368 g/mol. The number of Topliss-reactive ketones (excluding diaryl/α,β-unsaturated/α-hetero) is 1. The zero-order valence-corrected chi connectivity index (χ0v) is 18.5. The second-order valence-electron chi connectivity index (χ2n) is 8.66. The highest BCUT2D eigenvalue weighted by Crippen LogP contribution is 2.28. The van der Waals surface area contributed by atoms with Gasteiger partial charge in [-0.2, -0.15) is 0 Å². The number of piperidine rings is 1. The number of carbonyl (C=O) groups is 2. The second kappa shape index (κ2) is 10.6. The summed E-state index contributed by atoms with van der Waals surface area (Å²) in [5, 5.41) is 3.08. The highest BCUT2D eigenvalue weighted by molar-refractivity contribution is 5.94. The van der Waals surface area contributed by atoms with Gasteiger partial charge in [-0.3, -0.25) is 14.5 Å². The number of hydrogen-bond donors (Lipinski definition) is 1. The third-order valence-electron chi connectivity index (χ3n) is 5.61. The van der Waals surface area contributed by atoms with E-state index in [-0.39, 0.29) is 17.2 Å². The predicted octanol–water partition coefficient (Wildman–Crippen LogP) is 3.68. The van der Waals surface area contributed by atoms with Crippen LogP contribution in [0, 0.1) is 5.92 Å². The molecule has 1 saturated heterocycles. The summed E-state index contributed by atoms with van der Waals surface area (Å²) >= 11 is 0. The van der Waals surface area contributed by atoms with Gasteiger partial charge in [0.1, 0.15) is 0 Å². The Morgan fingerprint density at radius 1 is 1.28 bits per heavy atom. The number of amides is 1. The number of carbonyl (C=O) groups excluding carboxylic acids is 2. The number of methoxy groups -OCH3 is 1. The molecule has 0 bridgehead atoms. The van der Waals surface area contributed by atoms with Crippen LogP contribution in [0.5, 0.6) is 11.5 Å². The van der Waals surface area contributed by atoms with Gasteiger partial charge in [-0.1, -0.05) is 6.92 Å². The molecule has 0 aliphatic carbocycles. The maximum atomic E-state index is 12.2. The first-order valence-electron chi connectivity index (χ1n) is 10.6. The van der Waals surface area contributed by atoms with Crippen LogP contribution in [0.25, 0.3) is 0 Å². The summed E-state index contributed by atoms with van der Waals surface area (Å²) in [4.78, 5) is 26.2. The summed E-state index contributed by atoms with van der Waals surface area (Å²) in [6.07, 6.45) is 3.55. The molecule has 0 spiro atoms. The average Bonchev–Trinajstić information content (AvgIpc) is 2.69. The van der Waals surface area contributed by atoms with E-state index in [9.17, 15) is 9.59 Å². The zero-order valence-electron chi connectivity index (χ0n) is 18.5. The van der Waals surface area contributed by atoms with Crippen LogP contribution in [0.15, 0.2) is 18.2 Å². The van der Waals surface area contributed by atoms with Crippen LogP contribution >= 0.6 is 0 Å². The van der Waals surface area contributed by atoms with E-state index in [1.165, 1.54) is 19.8 Å². The van der Waals surface area contributed by atoms with Gasteiger partial charge in [0.05, 0.1) is 13.7 Å². The highest BCUT2D eigenvalue weighted by atomic mass is 16.5.